The number of carbonyl (C=O) groups excluding carboxylic acids is 2. The van der Waals surface area contributed by atoms with E-state index < -0.39 is 11.8 Å². The molecular formula is C14H17N3O3. The Kier molecular flexibility index (Phi) is 2.72. The molecule has 1 aromatic carbocycles. The third kappa shape index (κ3) is 1.84. The average molecular weight is 275 g/mol. The van der Waals surface area contributed by atoms with Gasteiger partial charge in [-0.1, -0.05) is 6.07 Å². The second kappa shape index (κ2) is 4.21. The Morgan fingerprint density at radius 1 is 1.45 bits per heavy atom. The fourth-order valence-corrected chi connectivity index (χ4v) is 3.07. The van der Waals surface area contributed by atoms with E-state index in [0.29, 0.717) is 30.6 Å². The summed E-state index contributed by atoms with van der Waals surface area (Å²) in [5, 5.41) is 12.9. The van der Waals surface area contributed by atoms with Crippen molar-refractivity contribution in [1.82, 2.24) is 10.2 Å². The number of nitrogen functional groups attached to an aromatic ring is 1. The standard InChI is InChI=1S/C14H17N3O3/c1-14(20)11(5-6-12(18)16-14)17-7-9-8(13(17)19)3-2-4-10(9)15/h2-4,11,20H,5-7,15H2,1H3,(H,16,18). The molecule has 0 saturated carbocycles. The summed E-state index contributed by atoms with van der Waals surface area (Å²) in [6.45, 7) is 1.89. The molecular weight excluding hydrogens is 258 g/mol. The minimum absolute atomic E-state index is 0.145. The topological polar surface area (TPSA) is 95.7 Å². The van der Waals surface area contributed by atoms with Gasteiger partial charge in [-0.15, -0.1) is 0 Å². The van der Waals surface area contributed by atoms with E-state index in [9.17, 15) is 14.7 Å². The highest BCUT2D eigenvalue weighted by molar-refractivity contribution is 6.00. The zero-order valence-corrected chi connectivity index (χ0v) is 11.2. The maximum absolute atomic E-state index is 12.5. The van der Waals surface area contributed by atoms with E-state index in [1.165, 1.54) is 6.92 Å². The summed E-state index contributed by atoms with van der Waals surface area (Å²) in [6.07, 6.45) is 0.745. The number of carbonyl (C=O) groups is 2. The number of hydrogen-bond acceptors (Lipinski definition) is 4. The molecule has 4 N–H and O–H groups in total. The minimum atomic E-state index is -1.41. The van der Waals surface area contributed by atoms with Crippen LogP contribution in [0.1, 0.15) is 35.7 Å². The Hall–Kier alpha value is -2.08. The Morgan fingerprint density at radius 2 is 2.20 bits per heavy atom. The molecule has 2 aliphatic heterocycles. The van der Waals surface area contributed by atoms with Crippen molar-refractivity contribution >= 4 is 17.5 Å². The third-order valence-corrected chi connectivity index (χ3v) is 4.09. The van der Waals surface area contributed by atoms with Gasteiger partial charge in [0.1, 0.15) is 0 Å². The number of aliphatic hydroxyl groups is 1. The molecule has 1 aromatic rings. The van der Waals surface area contributed by atoms with E-state index in [1.54, 1.807) is 23.1 Å². The summed E-state index contributed by atoms with van der Waals surface area (Å²) in [7, 11) is 0. The Labute approximate surface area is 116 Å². The second-order valence-electron chi connectivity index (χ2n) is 5.56. The summed E-state index contributed by atoms with van der Waals surface area (Å²) in [4.78, 5) is 25.5. The number of piperidine rings is 1. The van der Waals surface area contributed by atoms with Gasteiger partial charge in [-0.05, 0) is 25.5 Å². The predicted molar refractivity (Wildman–Crippen MR) is 72.5 cm³/mol. The number of nitrogens with two attached hydrogens (primary N) is 1. The first-order valence-electron chi connectivity index (χ1n) is 6.62. The van der Waals surface area contributed by atoms with Crippen molar-refractivity contribution in [2.24, 2.45) is 0 Å². The molecule has 106 valence electrons. The van der Waals surface area contributed by atoms with Crippen LogP contribution in [0.15, 0.2) is 18.2 Å². The van der Waals surface area contributed by atoms with Crippen LogP contribution in [-0.4, -0.2) is 33.6 Å². The highest BCUT2D eigenvalue weighted by Gasteiger charge is 2.45. The van der Waals surface area contributed by atoms with E-state index in [4.69, 9.17) is 5.73 Å². The molecule has 2 amide bonds. The van der Waals surface area contributed by atoms with Gasteiger partial charge in [-0.25, -0.2) is 0 Å². The van der Waals surface area contributed by atoms with Crippen LogP contribution in [0, 0.1) is 0 Å². The van der Waals surface area contributed by atoms with E-state index in [0.717, 1.165) is 5.56 Å². The number of nitrogens with zero attached hydrogens (tertiary/aromatic N) is 1. The van der Waals surface area contributed by atoms with Crippen molar-refractivity contribution < 1.29 is 14.7 Å². The SMILES string of the molecule is CC1(O)NC(=O)CCC1N1Cc2c(N)cccc2C1=O. The number of fused-ring (bicyclic) bond motifs is 1. The van der Waals surface area contributed by atoms with Gasteiger partial charge in [0.2, 0.25) is 5.91 Å². The predicted octanol–water partition coefficient (Wildman–Crippen LogP) is 0.212. The van der Waals surface area contributed by atoms with Gasteiger partial charge in [-0.3, -0.25) is 9.59 Å². The second-order valence-corrected chi connectivity index (χ2v) is 5.56. The molecule has 6 nitrogen and oxygen atoms in total. The lowest BCUT2D eigenvalue weighted by atomic mass is 9.94. The molecule has 6 heteroatoms. The molecule has 20 heavy (non-hydrogen) atoms. The van der Waals surface area contributed by atoms with Crippen LogP contribution in [0.25, 0.3) is 0 Å². The first kappa shape index (κ1) is 12.9. The molecule has 0 bridgehead atoms. The summed E-state index contributed by atoms with van der Waals surface area (Å²) in [5.41, 5.74) is 6.45. The molecule has 2 heterocycles. The number of rotatable bonds is 1. The number of amides is 2. The van der Waals surface area contributed by atoms with E-state index in [1.807, 2.05) is 0 Å². The van der Waals surface area contributed by atoms with Crippen molar-refractivity contribution in [2.75, 3.05) is 5.73 Å². The summed E-state index contributed by atoms with van der Waals surface area (Å²) < 4.78 is 0. The van der Waals surface area contributed by atoms with Gasteiger partial charge < -0.3 is 21.1 Å². The fourth-order valence-electron chi connectivity index (χ4n) is 3.07. The van der Waals surface area contributed by atoms with Gasteiger partial charge in [-0.2, -0.15) is 0 Å². The molecule has 0 aliphatic carbocycles. The molecule has 1 saturated heterocycles. The van der Waals surface area contributed by atoms with E-state index in [2.05, 4.69) is 5.32 Å². The zero-order valence-electron chi connectivity index (χ0n) is 11.2. The third-order valence-electron chi connectivity index (χ3n) is 4.09. The number of benzene rings is 1. The minimum Gasteiger partial charge on any atom is -0.398 e. The van der Waals surface area contributed by atoms with E-state index in [-0.39, 0.29) is 11.8 Å². The van der Waals surface area contributed by atoms with Crippen LogP contribution in [0.5, 0.6) is 0 Å². The molecule has 0 radical (unpaired) electrons. The molecule has 2 atom stereocenters. The smallest absolute Gasteiger partial charge is 0.255 e. The lowest BCUT2D eigenvalue weighted by Gasteiger charge is -2.42. The van der Waals surface area contributed by atoms with Crippen molar-refractivity contribution in [2.45, 2.75) is 38.1 Å². The lowest BCUT2D eigenvalue weighted by molar-refractivity contribution is -0.139. The van der Waals surface area contributed by atoms with Crippen LogP contribution >= 0.6 is 0 Å². The van der Waals surface area contributed by atoms with Crippen molar-refractivity contribution in [3.63, 3.8) is 0 Å². The molecule has 2 aliphatic rings. The van der Waals surface area contributed by atoms with Crippen molar-refractivity contribution in [3.05, 3.63) is 29.3 Å². The maximum atomic E-state index is 12.5. The van der Waals surface area contributed by atoms with Crippen LogP contribution in [0.3, 0.4) is 0 Å². The quantitative estimate of drug-likeness (QED) is 0.638. The summed E-state index contributed by atoms with van der Waals surface area (Å²) in [6, 6.07) is 4.80. The Bertz CT molecular complexity index is 597. The first-order chi connectivity index (χ1) is 9.40. The van der Waals surface area contributed by atoms with Gasteiger partial charge in [0.25, 0.3) is 5.91 Å². The van der Waals surface area contributed by atoms with Gasteiger partial charge in [0.05, 0.1) is 6.04 Å². The highest BCUT2D eigenvalue weighted by atomic mass is 16.3. The molecule has 0 aromatic heterocycles. The van der Waals surface area contributed by atoms with Crippen LogP contribution < -0.4 is 11.1 Å². The fraction of sp³-hybridized carbons (Fsp3) is 0.429. The zero-order chi connectivity index (χ0) is 14.5. The van der Waals surface area contributed by atoms with E-state index >= 15 is 0 Å². The summed E-state index contributed by atoms with van der Waals surface area (Å²) >= 11 is 0. The average Bonchev–Trinajstić information content (AvgIpc) is 2.68. The van der Waals surface area contributed by atoms with Crippen LogP contribution in [-0.2, 0) is 11.3 Å². The first-order valence-corrected chi connectivity index (χ1v) is 6.62. The van der Waals surface area contributed by atoms with Crippen LogP contribution in [0.2, 0.25) is 0 Å². The molecule has 0 spiro atoms. The number of anilines is 1. The van der Waals surface area contributed by atoms with Gasteiger partial charge in [0, 0.05) is 29.8 Å². The van der Waals surface area contributed by atoms with Crippen LogP contribution in [0.4, 0.5) is 5.69 Å². The van der Waals surface area contributed by atoms with Gasteiger partial charge >= 0.3 is 0 Å². The molecule has 1 fully saturated rings. The molecule has 2 unspecified atom stereocenters. The lowest BCUT2D eigenvalue weighted by Crippen LogP contribution is -2.63. The summed E-state index contributed by atoms with van der Waals surface area (Å²) in [5.74, 6) is -0.344. The number of hydrogen-bond donors (Lipinski definition) is 3. The highest BCUT2D eigenvalue weighted by Crippen LogP contribution is 2.33. The van der Waals surface area contributed by atoms with Crippen molar-refractivity contribution in [3.8, 4) is 0 Å². The van der Waals surface area contributed by atoms with Crippen molar-refractivity contribution in [1.29, 1.82) is 0 Å². The van der Waals surface area contributed by atoms with Gasteiger partial charge in [0.15, 0.2) is 5.72 Å². The molecule has 3 rings (SSSR count). The Morgan fingerprint density at radius 3 is 2.85 bits per heavy atom. The normalized spacial score (nSPS) is 29.3. The maximum Gasteiger partial charge on any atom is 0.255 e. The number of nitrogens with one attached hydrogen (secondary N) is 1. The monoisotopic (exact) mass is 275 g/mol. The largest absolute Gasteiger partial charge is 0.398 e. The Balaban J connectivity index is 1.92.